The monoisotopic (exact) mass is 277 g/mol. The highest BCUT2D eigenvalue weighted by Gasteiger charge is 2.12. The summed E-state index contributed by atoms with van der Waals surface area (Å²) in [5.41, 5.74) is 2.06. The summed E-state index contributed by atoms with van der Waals surface area (Å²) in [7, 11) is 0. The van der Waals surface area contributed by atoms with Crippen LogP contribution in [-0.4, -0.2) is 22.1 Å². The fourth-order valence-electron chi connectivity index (χ4n) is 2.93. The Morgan fingerprint density at radius 2 is 2.32 bits per heavy atom. The molecular weight excluding hydrogens is 258 g/mol. The van der Waals surface area contributed by atoms with Crippen molar-refractivity contribution in [3.63, 3.8) is 0 Å². The van der Waals surface area contributed by atoms with Gasteiger partial charge in [-0.05, 0) is 44.4 Å². The van der Waals surface area contributed by atoms with Crippen LogP contribution in [0.4, 0.5) is 0 Å². The summed E-state index contributed by atoms with van der Waals surface area (Å²) in [6.45, 7) is 2.18. The maximum atomic E-state index is 6.26. The summed E-state index contributed by atoms with van der Waals surface area (Å²) in [6.07, 6.45) is 8.35. The molecule has 0 radical (unpaired) electrons. The van der Waals surface area contributed by atoms with Gasteiger partial charge in [0, 0.05) is 12.6 Å². The lowest BCUT2D eigenvalue weighted by molar-refractivity contribution is 0.369. The topological polar surface area (TPSA) is 29.9 Å². The van der Waals surface area contributed by atoms with Gasteiger partial charge in [0.1, 0.15) is 0 Å². The summed E-state index contributed by atoms with van der Waals surface area (Å²) < 4.78 is 2.18. The van der Waals surface area contributed by atoms with Crippen LogP contribution in [0, 0.1) is 0 Å². The molecule has 0 saturated carbocycles. The number of aromatic nitrogens is 2. The second-order valence-electron chi connectivity index (χ2n) is 5.33. The van der Waals surface area contributed by atoms with E-state index < -0.39 is 0 Å². The number of para-hydroxylation sites is 1. The van der Waals surface area contributed by atoms with Crippen molar-refractivity contribution in [2.75, 3.05) is 6.54 Å². The number of halogens is 1. The molecule has 1 aromatic carbocycles. The minimum Gasteiger partial charge on any atom is -0.329 e. The second-order valence-corrected chi connectivity index (χ2v) is 5.74. The van der Waals surface area contributed by atoms with Crippen LogP contribution in [0.25, 0.3) is 11.0 Å². The van der Waals surface area contributed by atoms with E-state index in [0.717, 1.165) is 22.6 Å². The Morgan fingerprint density at radius 3 is 3.16 bits per heavy atom. The Morgan fingerprint density at radius 1 is 1.37 bits per heavy atom. The summed E-state index contributed by atoms with van der Waals surface area (Å²) in [4.78, 5) is 4.41. The molecule has 102 valence electrons. The molecule has 3 nitrogen and oxygen atoms in total. The lowest BCUT2D eigenvalue weighted by Gasteiger charge is -2.23. The SMILES string of the molecule is Clc1cccc2ncn(CCC[C@@H]3CCCCN3)c12. The third-order valence-corrected chi connectivity index (χ3v) is 4.26. The molecule has 1 N–H and O–H groups in total. The maximum absolute atomic E-state index is 6.26. The highest BCUT2D eigenvalue weighted by Crippen LogP contribution is 2.23. The van der Waals surface area contributed by atoms with Crippen LogP contribution < -0.4 is 5.32 Å². The van der Waals surface area contributed by atoms with E-state index in [9.17, 15) is 0 Å². The molecule has 2 aromatic rings. The van der Waals surface area contributed by atoms with Crippen molar-refractivity contribution in [2.24, 2.45) is 0 Å². The molecule has 2 heterocycles. The van der Waals surface area contributed by atoms with E-state index in [4.69, 9.17) is 11.6 Å². The van der Waals surface area contributed by atoms with Gasteiger partial charge in [0.25, 0.3) is 0 Å². The van der Waals surface area contributed by atoms with Crippen molar-refractivity contribution in [2.45, 2.75) is 44.7 Å². The van der Waals surface area contributed by atoms with Gasteiger partial charge in [0.2, 0.25) is 0 Å². The summed E-state index contributed by atoms with van der Waals surface area (Å²) in [6, 6.07) is 6.61. The van der Waals surface area contributed by atoms with Gasteiger partial charge in [0.05, 0.1) is 22.4 Å². The van der Waals surface area contributed by atoms with Gasteiger partial charge in [-0.25, -0.2) is 4.98 Å². The molecule has 1 aromatic heterocycles. The zero-order chi connectivity index (χ0) is 13.1. The first-order valence-corrected chi connectivity index (χ1v) is 7.55. The lowest BCUT2D eigenvalue weighted by Crippen LogP contribution is -2.33. The summed E-state index contributed by atoms with van der Waals surface area (Å²) in [5, 5.41) is 4.39. The van der Waals surface area contributed by atoms with Crippen molar-refractivity contribution in [1.29, 1.82) is 0 Å². The van der Waals surface area contributed by atoms with Crippen LogP contribution in [0.2, 0.25) is 5.02 Å². The minimum atomic E-state index is 0.707. The first-order chi connectivity index (χ1) is 9.34. The number of fused-ring (bicyclic) bond motifs is 1. The van der Waals surface area contributed by atoms with E-state index in [0.29, 0.717) is 6.04 Å². The van der Waals surface area contributed by atoms with Gasteiger partial charge in [-0.3, -0.25) is 0 Å². The molecule has 0 amide bonds. The quantitative estimate of drug-likeness (QED) is 0.925. The van der Waals surface area contributed by atoms with Crippen LogP contribution in [0.3, 0.4) is 0 Å². The van der Waals surface area contributed by atoms with E-state index >= 15 is 0 Å². The molecule has 0 bridgehead atoms. The van der Waals surface area contributed by atoms with E-state index in [1.165, 1.54) is 38.6 Å². The largest absolute Gasteiger partial charge is 0.329 e. The van der Waals surface area contributed by atoms with Crippen molar-refractivity contribution in [3.8, 4) is 0 Å². The lowest BCUT2D eigenvalue weighted by atomic mass is 10.0. The van der Waals surface area contributed by atoms with Crippen LogP contribution in [0.5, 0.6) is 0 Å². The number of rotatable bonds is 4. The van der Waals surface area contributed by atoms with E-state index in [-0.39, 0.29) is 0 Å². The third-order valence-electron chi connectivity index (χ3n) is 3.95. The third kappa shape index (κ3) is 2.93. The first kappa shape index (κ1) is 12.9. The highest BCUT2D eigenvalue weighted by molar-refractivity contribution is 6.34. The number of aryl methyl sites for hydroxylation is 1. The van der Waals surface area contributed by atoms with Gasteiger partial charge < -0.3 is 9.88 Å². The fraction of sp³-hybridized carbons (Fsp3) is 0.533. The number of hydrogen-bond donors (Lipinski definition) is 1. The van der Waals surface area contributed by atoms with Crippen molar-refractivity contribution in [1.82, 2.24) is 14.9 Å². The number of nitrogens with zero attached hydrogens (tertiary/aromatic N) is 2. The minimum absolute atomic E-state index is 0.707. The van der Waals surface area contributed by atoms with Gasteiger partial charge in [-0.2, -0.15) is 0 Å². The Hall–Kier alpha value is -1.06. The van der Waals surface area contributed by atoms with Crippen LogP contribution in [-0.2, 0) is 6.54 Å². The molecule has 1 aliphatic heterocycles. The first-order valence-electron chi connectivity index (χ1n) is 7.17. The zero-order valence-electron chi connectivity index (χ0n) is 11.1. The molecule has 0 spiro atoms. The van der Waals surface area contributed by atoms with E-state index in [2.05, 4.69) is 14.9 Å². The molecule has 19 heavy (non-hydrogen) atoms. The van der Waals surface area contributed by atoms with Crippen LogP contribution in [0.1, 0.15) is 32.1 Å². The molecule has 1 saturated heterocycles. The Balaban J connectivity index is 1.62. The number of benzene rings is 1. The molecule has 1 atom stereocenters. The van der Waals surface area contributed by atoms with Gasteiger partial charge in [0.15, 0.2) is 0 Å². The van der Waals surface area contributed by atoms with Gasteiger partial charge in [-0.15, -0.1) is 0 Å². The molecule has 0 aliphatic carbocycles. The highest BCUT2D eigenvalue weighted by atomic mass is 35.5. The molecule has 4 heteroatoms. The molecule has 1 aliphatic rings. The van der Waals surface area contributed by atoms with Crippen LogP contribution >= 0.6 is 11.6 Å². The molecule has 3 rings (SSSR count). The van der Waals surface area contributed by atoms with Crippen LogP contribution in [0.15, 0.2) is 24.5 Å². The zero-order valence-corrected chi connectivity index (χ0v) is 11.9. The Kier molecular flexibility index (Phi) is 4.04. The van der Waals surface area contributed by atoms with Crippen molar-refractivity contribution < 1.29 is 0 Å². The maximum Gasteiger partial charge on any atom is 0.0958 e. The summed E-state index contributed by atoms with van der Waals surface area (Å²) >= 11 is 6.26. The standard InChI is InChI=1S/C15H20ClN3/c16-13-7-3-8-14-15(13)19(11-18-14)10-4-6-12-5-1-2-9-17-12/h3,7-8,11-12,17H,1-2,4-6,9-10H2/t12-/m0/s1. The predicted octanol–water partition coefficient (Wildman–Crippen LogP) is 3.61. The number of piperidine rings is 1. The van der Waals surface area contributed by atoms with E-state index in [1.807, 2.05) is 24.5 Å². The number of nitrogens with one attached hydrogen (secondary N) is 1. The second kappa shape index (κ2) is 5.93. The van der Waals surface area contributed by atoms with E-state index in [1.54, 1.807) is 0 Å². The predicted molar refractivity (Wildman–Crippen MR) is 79.6 cm³/mol. The number of imidazole rings is 1. The molecule has 0 unspecified atom stereocenters. The molecular formula is C15H20ClN3. The Labute approximate surface area is 119 Å². The van der Waals surface area contributed by atoms with Gasteiger partial charge >= 0.3 is 0 Å². The summed E-state index contributed by atoms with van der Waals surface area (Å²) in [5.74, 6) is 0. The van der Waals surface area contributed by atoms with Crippen molar-refractivity contribution in [3.05, 3.63) is 29.5 Å². The molecule has 1 fully saturated rings. The smallest absolute Gasteiger partial charge is 0.0958 e. The normalized spacial score (nSPS) is 19.9. The number of hydrogen-bond acceptors (Lipinski definition) is 2. The van der Waals surface area contributed by atoms with Gasteiger partial charge in [-0.1, -0.05) is 24.1 Å². The average Bonchev–Trinajstić information content (AvgIpc) is 2.85. The van der Waals surface area contributed by atoms with Crippen molar-refractivity contribution >= 4 is 22.6 Å². The fourth-order valence-corrected chi connectivity index (χ4v) is 3.21. The average molecular weight is 278 g/mol. The Bertz CT molecular complexity index is 543.